The van der Waals surface area contributed by atoms with Crippen molar-refractivity contribution in [3.05, 3.63) is 33.8 Å². The van der Waals surface area contributed by atoms with Gasteiger partial charge < -0.3 is 0 Å². The monoisotopic (exact) mass is 222 g/mol. The maximum Gasteiger partial charge on any atom is 0.0455 e. The van der Waals surface area contributed by atoms with Crippen molar-refractivity contribution in [3.8, 4) is 0 Å². The number of alkyl halides is 1. The summed E-state index contributed by atoms with van der Waals surface area (Å²) in [4.78, 5) is 0. The van der Waals surface area contributed by atoms with E-state index in [9.17, 15) is 0 Å². The Bertz CT molecular complexity index is 270. The van der Waals surface area contributed by atoms with Gasteiger partial charge in [0, 0.05) is 15.9 Å². The lowest BCUT2D eigenvalue weighted by atomic mass is 10.0. The molecule has 0 N–H and O–H groups in total. The summed E-state index contributed by atoms with van der Waals surface area (Å²) in [6.07, 6.45) is 0. The quantitative estimate of drug-likeness (QED) is 0.655. The zero-order chi connectivity index (χ0) is 9.14. The summed E-state index contributed by atoms with van der Waals surface area (Å²) >= 11 is 17.4. The summed E-state index contributed by atoms with van der Waals surface area (Å²) in [6, 6.07) is 5.48. The van der Waals surface area contributed by atoms with Crippen molar-refractivity contribution in [3.63, 3.8) is 0 Å². The molecule has 0 saturated carbocycles. The topological polar surface area (TPSA) is 0 Å². The third-order valence-corrected chi connectivity index (χ3v) is 2.75. The molecule has 66 valence electrons. The molecule has 1 unspecified atom stereocenters. The second-order valence-electron chi connectivity index (χ2n) is 2.72. The number of rotatable bonds is 2. The molecular formula is C9H9Cl3. The first kappa shape index (κ1) is 10.2. The van der Waals surface area contributed by atoms with Gasteiger partial charge in [-0.25, -0.2) is 0 Å². The Morgan fingerprint density at radius 3 is 2.50 bits per heavy atom. The molecule has 0 aliphatic carbocycles. The molecule has 3 heteroatoms. The van der Waals surface area contributed by atoms with Crippen LogP contribution < -0.4 is 0 Å². The van der Waals surface area contributed by atoms with Crippen LogP contribution in [0.15, 0.2) is 18.2 Å². The van der Waals surface area contributed by atoms with Crippen LogP contribution in [0.1, 0.15) is 18.4 Å². The lowest BCUT2D eigenvalue weighted by Gasteiger charge is -2.09. The van der Waals surface area contributed by atoms with Crippen molar-refractivity contribution in [2.75, 3.05) is 5.88 Å². The van der Waals surface area contributed by atoms with Crippen LogP contribution in [0.3, 0.4) is 0 Å². The molecule has 0 aliphatic heterocycles. The molecule has 1 aromatic rings. The average Bonchev–Trinajstić information content (AvgIpc) is 2.03. The molecule has 0 heterocycles. The first-order valence-electron chi connectivity index (χ1n) is 3.66. The molecule has 1 rings (SSSR count). The van der Waals surface area contributed by atoms with Crippen molar-refractivity contribution >= 4 is 34.8 Å². The summed E-state index contributed by atoms with van der Waals surface area (Å²) in [7, 11) is 0. The maximum atomic E-state index is 5.96. The van der Waals surface area contributed by atoms with Gasteiger partial charge in [-0.15, -0.1) is 11.6 Å². The van der Waals surface area contributed by atoms with E-state index >= 15 is 0 Å². The van der Waals surface area contributed by atoms with Crippen LogP contribution in [0.2, 0.25) is 10.0 Å². The Balaban J connectivity index is 3.01. The summed E-state index contributed by atoms with van der Waals surface area (Å²) < 4.78 is 0. The predicted molar refractivity (Wildman–Crippen MR) is 55.6 cm³/mol. The van der Waals surface area contributed by atoms with E-state index in [2.05, 4.69) is 0 Å². The normalized spacial score (nSPS) is 13.0. The van der Waals surface area contributed by atoms with Gasteiger partial charge >= 0.3 is 0 Å². The Morgan fingerprint density at radius 1 is 1.33 bits per heavy atom. The fourth-order valence-corrected chi connectivity index (χ4v) is 1.75. The third-order valence-electron chi connectivity index (χ3n) is 1.72. The average molecular weight is 224 g/mol. The van der Waals surface area contributed by atoms with Gasteiger partial charge in [-0.05, 0) is 23.6 Å². The van der Waals surface area contributed by atoms with Crippen LogP contribution in [-0.4, -0.2) is 5.88 Å². The summed E-state index contributed by atoms with van der Waals surface area (Å²) in [5, 5.41) is 1.35. The van der Waals surface area contributed by atoms with Gasteiger partial charge in [0.05, 0.1) is 0 Å². The molecule has 12 heavy (non-hydrogen) atoms. The molecule has 0 spiro atoms. The van der Waals surface area contributed by atoms with E-state index in [1.807, 2.05) is 19.1 Å². The predicted octanol–water partition coefficient (Wildman–Crippen LogP) is 4.34. The molecule has 0 aromatic heterocycles. The highest BCUT2D eigenvalue weighted by Gasteiger charge is 2.08. The standard InChI is InChI=1S/C9H9Cl3/c1-6(5-10)8-3-2-7(11)4-9(8)12/h2-4,6H,5H2,1H3. The second kappa shape index (κ2) is 4.36. The lowest BCUT2D eigenvalue weighted by Crippen LogP contribution is -1.95. The van der Waals surface area contributed by atoms with Crippen LogP contribution in [0, 0.1) is 0 Å². The van der Waals surface area contributed by atoms with Crippen LogP contribution in [-0.2, 0) is 0 Å². The molecule has 0 nitrogen and oxygen atoms in total. The Labute approximate surface area is 87.4 Å². The van der Waals surface area contributed by atoms with Crippen LogP contribution in [0.4, 0.5) is 0 Å². The summed E-state index contributed by atoms with van der Waals surface area (Å²) in [6.45, 7) is 2.03. The molecule has 0 fully saturated rings. The van der Waals surface area contributed by atoms with Crippen LogP contribution in [0.25, 0.3) is 0 Å². The molecule has 1 atom stereocenters. The fourth-order valence-electron chi connectivity index (χ4n) is 0.984. The second-order valence-corrected chi connectivity index (χ2v) is 3.87. The highest BCUT2D eigenvalue weighted by molar-refractivity contribution is 6.35. The van der Waals surface area contributed by atoms with Crippen LogP contribution >= 0.6 is 34.8 Å². The van der Waals surface area contributed by atoms with E-state index in [0.29, 0.717) is 15.9 Å². The highest BCUT2D eigenvalue weighted by Crippen LogP contribution is 2.27. The number of hydrogen-bond acceptors (Lipinski definition) is 0. The first-order chi connectivity index (χ1) is 5.65. The van der Waals surface area contributed by atoms with Crippen molar-refractivity contribution in [1.29, 1.82) is 0 Å². The molecule has 0 radical (unpaired) electrons. The molecule has 1 aromatic carbocycles. The van der Waals surface area contributed by atoms with Crippen molar-refractivity contribution < 1.29 is 0 Å². The Kier molecular flexibility index (Phi) is 3.70. The maximum absolute atomic E-state index is 5.96. The zero-order valence-electron chi connectivity index (χ0n) is 6.65. The summed E-state index contributed by atoms with van der Waals surface area (Å²) in [5.41, 5.74) is 1.05. The van der Waals surface area contributed by atoms with Crippen molar-refractivity contribution in [2.24, 2.45) is 0 Å². The fraction of sp³-hybridized carbons (Fsp3) is 0.333. The van der Waals surface area contributed by atoms with Gasteiger partial charge in [0.1, 0.15) is 0 Å². The largest absolute Gasteiger partial charge is 0.126 e. The van der Waals surface area contributed by atoms with Gasteiger partial charge in [-0.2, -0.15) is 0 Å². The lowest BCUT2D eigenvalue weighted by molar-refractivity contribution is 0.876. The highest BCUT2D eigenvalue weighted by atomic mass is 35.5. The van der Waals surface area contributed by atoms with Gasteiger partial charge in [-0.3, -0.25) is 0 Å². The number of halogens is 3. The zero-order valence-corrected chi connectivity index (χ0v) is 8.92. The van der Waals surface area contributed by atoms with E-state index in [1.54, 1.807) is 6.07 Å². The Morgan fingerprint density at radius 2 is 2.00 bits per heavy atom. The molecular weight excluding hydrogens is 214 g/mol. The van der Waals surface area contributed by atoms with Gasteiger partial charge in [0.25, 0.3) is 0 Å². The minimum absolute atomic E-state index is 0.274. The first-order valence-corrected chi connectivity index (χ1v) is 4.95. The Hall–Kier alpha value is 0.0900. The van der Waals surface area contributed by atoms with E-state index < -0.39 is 0 Å². The van der Waals surface area contributed by atoms with Gasteiger partial charge in [0.15, 0.2) is 0 Å². The van der Waals surface area contributed by atoms with Gasteiger partial charge in [-0.1, -0.05) is 36.2 Å². The van der Waals surface area contributed by atoms with Crippen molar-refractivity contribution in [1.82, 2.24) is 0 Å². The number of benzene rings is 1. The molecule has 0 aliphatic rings. The minimum atomic E-state index is 0.274. The van der Waals surface area contributed by atoms with E-state index in [0.717, 1.165) is 5.56 Å². The SMILES string of the molecule is CC(CCl)c1ccc(Cl)cc1Cl. The van der Waals surface area contributed by atoms with Crippen molar-refractivity contribution in [2.45, 2.75) is 12.8 Å². The smallest absolute Gasteiger partial charge is 0.0455 e. The molecule has 0 saturated heterocycles. The summed E-state index contributed by atoms with van der Waals surface area (Å²) in [5.74, 6) is 0.845. The molecule has 0 amide bonds. The van der Waals surface area contributed by atoms with E-state index in [-0.39, 0.29) is 5.92 Å². The van der Waals surface area contributed by atoms with E-state index in [1.165, 1.54) is 0 Å². The molecule has 0 bridgehead atoms. The van der Waals surface area contributed by atoms with E-state index in [4.69, 9.17) is 34.8 Å². The minimum Gasteiger partial charge on any atom is -0.126 e. The number of hydrogen-bond donors (Lipinski definition) is 0. The van der Waals surface area contributed by atoms with Gasteiger partial charge in [0.2, 0.25) is 0 Å². The van der Waals surface area contributed by atoms with Crippen LogP contribution in [0.5, 0.6) is 0 Å². The third kappa shape index (κ3) is 2.29.